The molecule has 1 aromatic heterocycles. The summed E-state index contributed by atoms with van der Waals surface area (Å²) in [6.07, 6.45) is 2.15. The van der Waals surface area contributed by atoms with Gasteiger partial charge in [-0.25, -0.2) is 4.98 Å². The number of allylic oxidation sites excluding steroid dienone is 1. The molecule has 0 bridgehead atoms. The van der Waals surface area contributed by atoms with Gasteiger partial charge in [0.1, 0.15) is 0 Å². The van der Waals surface area contributed by atoms with Gasteiger partial charge < -0.3 is 0 Å². The van der Waals surface area contributed by atoms with Gasteiger partial charge in [0.15, 0.2) is 5.78 Å². The molecule has 1 heterocycles. The van der Waals surface area contributed by atoms with Crippen LogP contribution in [0.1, 0.15) is 57.6 Å². The maximum Gasteiger partial charge on any atom is 0.172 e. The third kappa shape index (κ3) is 2.71. The number of fused-ring (bicyclic) bond motifs is 2. The number of carbonyl (C=O) groups excluding carboxylic acids is 1. The number of para-hydroxylation sites is 1. The van der Waals surface area contributed by atoms with Crippen molar-refractivity contribution in [2.24, 2.45) is 16.7 Å². The van der Waals surface area contributed by atoms with E-state index in [-0.39, 0.29) is 22.5 Å². The highest BCUT2D eigenvalue weighted by molar-refractivity contribution is 6.07. The van der Waals surface area contributed by atoms with Crippen LogP contribution < -0.4 is 0 Å². The van der Waals surface area contributed by atoms with Crippen molar-refractivity contribution in [2.75, 3.05) is 0 Å². The first kappa shape index (κ1) is 15.9. The topological polar surface area (TPSA) is 30.0 Å². The van der Waals surface area contributed by atoms with Crippen LogP contribution in [0.3, 0.4) is 0 Å². The average molecular weight is 307 g/mol. The minimum atomic E-state index is -0.112. The number of nitrogens with zero attached hydrogens (tertiary/aromatic N) is 1. The molecule has 23 heavy (non-hydrogen) atoms. The van der Waals surface area contributed by atoms with E-state index in [4.69, 9.17) is 4.98 Å². The fourth-order valence-corrected chi connectivity index (χ4v) is 3.47. The van der Waals surface area contributed by atoms with E-state index in [9.17, 15) is 4.79 Å². The second-order valence-electron chi connectivity index (χ2n) is 8.63. The maximum atomic E-state index is 13.3. The summed E-state index contributed by atoms with van der Waals surface area (Å²) in [5.74, 6) is 0.108. The second kappa shape index (κ2) is 5.02. The molecule has 0 N–H and O–H groups in total. The number of pyridine rings is 1. The lowest BCUT2D eigenvalue weighted by atomic mass is 9.63. The standard InChI is InChI=1S/C21H25NO/c1-20(2,3)15-12-17-14(19(23)18(15)21(4,5)6)11-13-9-7-8-10-16(13)22-17/h7-12,18H,1-6H3. The Hall–Kier alpha value is -1.96. The second-order valence-corrected chi connectivity index (χ2v) is 8.63. The first-order chi connectivity index (χ1) is 10.6. The highest BCUT2D eigenvalue weighted by Gasteiger charge is 2.42. The monoisotopic (exact) mass is 307 g/mol. The lowest BCUT2D eigenvalue weighted by Crippen LogP contribution is -2.37. The first-order valence-electron chi connectivity index (χ1n) is 8.25. The summed E-state index contributed by atoms with van der Waals surface area (Å²) in [4.78, 5) is 18.0. The SMILES string of the molecule is CC(C)(C)C1=Cc2nc3ccccc3cc2C(=O)C1C(C)(C)C. The van der Waals surface area contributed by atoms with Gasteiger partial charge in [0.25, 0.3) is 0 Å². The van der Waals surface area contributed by atoms with E-state index in [1.54, 1.807) is 0 Å². The Labute approximate surface area is 138 Å². The van der Waals surface area contributed by atoms with Gasteiger partial charge in [-0.3, -0.25) is 4.79 Å². The Balaban J connectivity index is 2.30. The van der Waals surface area contributed by atoms with Crippen LogP contribution >= 0.6 is 0 Å². The molecule has 0 amide bonds. The van der Waals surface area contributed by atoms with Crippen molar-refractivity contribution in [3.05, 3.63) is 47.2 Å². The Kier molecular flexibility index (Phi) is 3.47. The molecule has 0 fully saturated rings. The molecule has 2 aromatic rings. The normalized spacial score (nSPS) is 18.8. The predicted molar refractivity (Wildman–Crippen MR) is 96.5 cm³/mol. The van der Waals surface area contributed by atoms with Crippen molar-refractivity contribution >= 4 is 22.8 Å². The summed E-state index contributed by atoms with van der Waals surface area (Å²) in [6, 6.07) is 10.0. The number of Topliss-reactive ketones (excluding diaryl/α,β-unsaturated/α-hetero) is 1. The fraction of sp³-hybridized carbons (Fsp3) is 0.429. The summed E-state index contributed by atoms with van der Waals surface area (Å²) < 4.78 is 0. The first-order valence-corrected chi connectivity index (χ1v) is 8.25. The Morgan fingerprint density at radius 1 is 1.00 bits per heavy atom. The van der Waals surface area contributed by atoms with Crippen molar-refractivity contribution in [1.82, 2.24) is 4.98 Å². The maximum absolute atomic E-state index is 13.3. The van der Waals surface area contributed by atoms with Crippen LogP contribution in [0.2, 0.25) is 0 Å². The molecule has 1 aliphatic rings. The van der Waals surface area contributed by atoms with E-state index in [1.165, 1.54) is 5.57 Å². The third-order valence-electron chi connectivity index (χ3n) is 4.62. The minimum Gasteiger partial charge on any atom is -0.293 e. The summed E-state index contributed by atoms with van der Waals surface area (Å²) in [5, 5.41) is 1.03. The largest absolute Gasteiger partial charge is 0.293 e. The zero-order valence-corrected chi connectivity index (χ0v) is 14.9. The van der Waals surface area contributed by atoms with Crippen molar-refractivity contribution in [3.63, 3.8) is 0 Å². The summed E-state index contributed by atoms with van der Waals surface area (Å²) in [6.45, 7) is 13.0. The molecule has 1 unspecified atom stereocenters. The predicted octanol–water partition coefficient (Wildman–Crippen LogP) is 5.52. The van der Waals surface area contributed by atoms with Crippen LogP contribution in [-0.2, 0) is 0 Å². The number of rotatable bonds is 0. The molecular weight excluding hydrogens is 282 g/mol. The molecule has 2 heteroatoms. The van der Waals surface area contributed by atoms with Gasteiger partial charge in [-0.1, -0.05) is 65.3 Å². The summed E-state index contributed by atoms with van der Waals surface area (Å²) >= 11 is 0. The molecule has 0 saturated heterocycles. The van der Waals surface area contributed by atoms with Crippen molar-refractivity contribution in [2.45, 2.75) is 41.5 Å². The Morgan fingerprint density at radius 2 is 1.65 bits per heavy atom. The van der Waals surface area contributed by atoms with Crippen LogP contribution in [0.15, 0.2) is 35.9 Å². The van der Waals surface area contributed by atoms with E-state index >= 15 is 0 Å². The van der Waals surface area contributed by atoms with Crippen LogP contribution in [0, 0.1) is 16.7 Å². The number of ketones is 1. The molecule has 1 atom stereocenters. The quantitative estimate of drug-likeness (QED) is 0.641. The lowest BCUT2D eigenvalue weighted by Gasteiger charge is -2.40. The molecule has 0 radical (unpaired) electrons. The minimum absolute atomic E-state index is 0.0569. The fourth-order valence-electron chi connectivity index (χ4n) is 3.47. The van der Waals surface area contributed by atoms with Crippen molar-refractivity contribution in [1.29, 1.82) is 0 Å². The van der Waals surface area contributed by atoms with E-state index < -0.39 is 0 Å². The average Bonchev–Trinajstić information content (AvgIpc) is 2.43. The van der Waals surface area contributed by atoms with Gasteiger partial charge in [0.2, 0.25) is 0 Å². The van der Waals surface area contributed by atoms with Crippen LogP contribution in [-0.4, -0.2) is 10.8 Å². The molecule has 3 rings (SSSR count). The molecule has 1 aliphatic carbocycles. The highest BCUT2D eigenvalue weighted by atomic mass is 16.1. The third-order valence-corrected chi connectivity index (χ3v) is 4.62. The number of aromatic nitrogens is 1. The van der Waals surface area contributed by atoms with E-state index in [2.05, 4.69) is 47.6 Å². The van der Waals surface area contributed by atoms with Gasteiger partial charge in [-0.15, -0.1) is 0 Å². The highest BCUT2D eigenvalue weighted by Crippen LogP contribution is 2.46. The molecule has 0 spiro atoms. The summed E-state index contributed by atoms with van der Waals surface area (Å²) in [5.41, 5.74) is 3.54. The smallest absolute Gasteiger partial charge is 0.172 e. The molecule has 1 aromatic carbocycles. The van der Waals surface area contributed by atoms with E-state index in [0.29, 0.717) is 0 Å². The molecule has 120 valence electrons. The molecule has 2 nitrogen and oxygen atoms in total. The van der Waals surface area contributed by atoms with E-state index in [0.717, 1.165) is 22.2 Å². The molecule has 0 saturated carbocycles. The summed E-state index contributed by atoms with van der Waals surface area (Å²) in [7, 11) is 0. The van der Waals surface area contributed by atoms with E-state index in [1.807, 2.05) is 30.3 Å². The van der Waals surface area contributed by atoms with Crippen LogP contribution in [0.4, 0.5) is 0 Å². The number of benzene rings is 1. The molecule has 0 aliphatic heterocycles. The van der Waals surface area contributed by atoms with Gasteiger partial charge in [0, 0.05) is 16.9 Å². The lowest BCUT2D eigenvalue weighted by molar-refractivity contribution is 0.0833. The van der Waals surface area contributed by atoms with Crippen molar-refractivity contribution < 1.29 is 4.79 Å². The zero-order valence-electron chi connectivity index (χ0n) is 14.9. The van der Waals surface area contributed by atoms with Gasteiger partial charge >= 0.3 is 0 Å². The van der Waals surface area contributed by atoms with Crippen LogP contribution in [0.5, 0.6) is 0 Å². The van der Waals surface area contributed by atoms with Crippen molar-refractivity contribution in [3.8, 4) is 0 Å². The Bertz CT molecular complexity index is 816. The zero-order chi connectivity index (χ0) is 17.0. The Morgan fingerprint density at radius 3 is 2.26 bits per heavy atom. The molecular formula is C21H25NO. The van der Waals surface area contributed by atoms with Gasteiger partial charge in [-0.05, 0) is 29.0 Å². The van der Waals surface area contributed by atoms with Gasteiger partial charge in [-0.2, -0.15) is 0 Å². The van der Waals surface area contributed by atoms with Gasteiger partial charge in [0.05, 0.1) is 11.2 Å². The number of hydrogen-bond donors (Lipinski definition) is 0. The number of carbonyl (C=O) groups is 1. The number of hydrogen-bond acceptors (Lipinski definition) is 2. The van der Waals surface area contributed by atoms with Crippen LogP contribution in [0.25, 0.3) is 17.0 Å².